The molecule has 2 aliphatic heterocycles. The van der Waals surface area contributed by atoms with Crippen LogP contribution >= 0.6 is 0 Å². The predicted molar refractivity (Wildman–Crippen MR) is 88.8 cm³/mol. The van der Waals surface area contributed by atoms with E-state index in [0.29, 0.717) is 44.8 Å². The fourth-order valence-corrected chi connectivity index (χ4v) is 3.32. The summed E-state index contributed by atoms with van der Waals surface area (Å²) in [6.07, 6.45) is 1.12. The predicted octanol–water partition coefficient (Wildman–Crippen LogP) is 0.750. The summed E-state index contributed by atoms with van der Waals surface area (Å²) in [7, 11) is 0. The van der Waals surface area contributed by atoms with Crippen molar-refractivity contribution in [2.24, 2.45) is 5.73 Å². The number of piperazine rings is 1. The zero-order valence-electron chi connectivity index (χ0n) is 13.5. The molecular formula is C16H22N4O4. The standard InChI is InChI=1S/C16H22N4O4/c17-11-12-5-6-15(24-12)16(21)19-9-7-18(8-10-19)13-3-1-2-4-14(13)20(22)23/h1-4,12,15H,5-11,17H2/t12-,15+/m1/s1. The van der Waals surface area contributed by atoms with Gasteiger partial charge in [-0.1, -0.05) is 12.1 Å². The summed E-state index contributed by atoms with van der Waals surface area (Å²) >= 11 is 0. The Hall–Kier alpha value is -2.19. The van der Waals surface area contributed by atoms with E-state index in [4.69, 9.17) is 10.5 Å². The molecule has 0 radical (unpaired) electrons. The fraction of sp³-hybridized carbons (Fsp3) is 0.562. The van der Waals surface area contributed by atoms with Gasteiger partial charge in [0, 0.05) is 38.8 Å². The van der Waals surface area contributed by atoms with E-state index in [1.54, 1.807) is 23.1 Å². The topological polar surface area (TPSA) is 102 Å². The number of nitro groups is 1. The van der Waals surface area contributed by atoms with Gasteiger partial charge in [0.1, 0.15) is 11.8 Å². The number of carbonyl (C=O) groups is 1. The molecule has 0 aliphatic carbocycles. The minimum absolute atomic E-state index is 0.00756. The van der Waals surface area contributed by atoms with Crippen molar-refractivity contribution in [1.82, 2.24) is 4.90 Å². The van der Waals surface area contributed by atoms with Gasteiger partial charge in [-0.15, -0.1) is 0 Å². The van der Waals surface area contributed by atoms with Crippen molar-refractivity contribution in [2.75, 3.05) is 37.6 Å². The monoisotopic (exact) mass is 334 g/mol. The summed E-state index contributed by atoms with van der Waals surface area (Å²) in [6.45, 7) is 2.67. The molecule has 2 fully saturated rings. The largest absolute Gasteiger partial charge is 0.364 e. The highest BCUT2D eigenvalue weighted by molar-refractivity contribution is 5.81. The number of hydrogen-bond donors (Lipinski definition) is 1. The zero-order valence-corrected chi connectivity index (χ0v) is 13.5. The van der Waals surface area contributed by atoms with E-state index in [0.717, 1.165) is 6.42 Å². The summed E-state index contributed by atoms with van der Waals surface area (Å²) in [4.78, 5) is 27.0. The van der Waals surface area contributed by atoms with Crippen LogP contribution in [0, 0.1) is 10.1 Å². The number of carbonyl (C=O) groups excluding carboxylic acids is 1. The van der Waals surface area contributed by atoms with Crippen LogP contribution in [-0.2, 0) is 9.53 Å². The van der Waals surface area contributed by atoms with Crippen molar-refractivity contribution < 1.29 is 14.5 Å². The number of ether oxygens (including phenoxy) is 1. The Kier molecular flexibility index (Phi) is 4.96. The first-order chi connectivity index (χ1) is 11.6. The molecule has 2 N–H and O–H groups in total. The van der Waals surface area contributed by atoms with Crippen molar-refractivity contribution in [2.45, 2.75) is 25.0 Å². The molecule has 0 bridgehead atoms. The van der Waals surface area contributed by atoms with E-state index in [1.807, 2.05) is 4.90 Å². The van der Waals surface area contributed by atoms with Gasteiger partial charge in [0.25, 0.3) is 11.6 Å². The quantitative estimate of drug-likeness (QED) is 0.644. The highest BCUT2D eigenvalue weighted by Crippen LogP contribution is 2.29. The number of para-hydroxylation sites is 2. The minimum Gasteiger partial charge on any atom is -0.364 e. The molecule has 0 spiro atoms. The molecule has 2 aliphatic rings. The van der Waals surface area contributed by atoms with Crippen LogP contribution in [0.4, 0.5) is 11.4 Å². The van der Waals surface area contributed by atoms with Gasteiger partial charge in [-0.2, -0.15) is 0 Å². The van der Waals surface area contributed by atoms with E-state index >= 15 is 0 Å². The number of nitrogens with two attached hydrogens (primary N) is 1. The van der Waals surface area contributed by atoms with Gasteiger partial charge in [0.05, 0.1) is 11.0 Å². The molecule has 0 aromatic heterocycles. The van der Waals surface area contributed by atoms with Crippen LogP contribution in [0.3, 0.4) is 0 Å². The molecule has 1 aromatic rings. The SMILES string of the molecule is NC[C@H]1CC[C@@H](C(=O)N2CCN(c3ccccc3[N+](=O)[O-])CC2)O1. The number of amides is 1. The smallest absolute Gasteiger partial charge is 0.292 e. The molecule has 24 heavy (non-hydrogen) atoms. The number of nitrogens with zero attached hydrogens (tertiary/aromatic N) is 3. The van der Waals surface area contributed by atoms with E-state index in [-0.39, 0.29) is 22.6 Å². The van der Waals surface area contributed by atoms with Crippen LogP contribution in [0.1, 0.15) is 12.8 Å². The number of nitro benzene ring substituents is 1. The lowest BCUT2D eigenvalue weighted by atomic mass is 10.1. The second kappa shape index (κ2) is 7.14. The average molecular weight is 334 g/mol. The van der Waals surface area contributed by atoms with Crippen LogP contribution in [0.5, 0.6) is 0 Å². The molecule has 3 rings (SSSR count). The molecule has 1 amide bonds. The molecule has 8 heteroatoms. The highest BCUT2D eigenvalue weighted by Gasteiger charge is 2.34. The Morgan fingerprint density at radius 1 is 1.25 bits per heavy atom. The van der Waals surface area contributed by atoms with Crippen LogP contribution in [0.2, 0.25) is 0 Å². The Bertz CT molecular complexity index is 616. The van der Waals surface area contributed by atoms with E-state index in [9.17, 15) is 14.9 Å². The lowest BCUT2D eigenvalue weighted by Gasteiger charge is -2.36. The summed E-state index contributed by atoms with van der Waals surface area (Å²) in [5.41, 5.74) is 6.29. The fourth-order valence-electron chi connectivity index (χ4n) is 3.32. The van der Waals surface area contributed by atoms with E-state index < -0.39 is 6.10 Å². The Morgan fingerprint density at radius 2 is 1.96 bits per heavy atom. The van der Waals surface area contributed by atoms with Gasteiger partial charge in [-0.25, -0.2) is 0 Å². The molecule has 8 nitrogen and oxygen atoms in total. The molecule has 2 atom stereocenters. The molecular weight excluding hydrogens is 312 g/mol. The number of rotatable bonds is 4. The van der Waals surface area contributed by atoms with Gasteiger partial charge in [0.2, 0.25) is 0 Å². The maximum absolute atomic E-state index is 12.5. The maximum Gasteiger partial charge on any atom is 0.292 e. The van der Waals surface area contributed by atoms with Crippen molar-refractivity contribution >= 4 is 17.3 Å². The Balaban J connectivity index is 1.60. The lowest BCUT2D eigenvalue weighted by molar-refractivity contribution is -0.384. The first kappa shape index (κ1) is 16.7. The second-order valence-electron chi connectivity index (χ2n) is 6.12. The summed E-state index contributed by atoms with van der Waals surface area (Å²) < 4.78 is 5.67. The van der Waals surface area contributed by atoms with Crippen LogP contribution in [0.25, 0.3) is 0 Å². The Labute approximate surface area is 140 Å². The number of anilines is 1. The normalized spacial score (nSPS) is 24.2. The van der Waals surface area contributed by atoms with Crippen LogP contribution in [0.15, 0.2) is 24.3 Å². The first-order valence-corrected chi connectivity index (χ1v) is 8.23. The van der Waals surface area contributed by atoms with Gasteiger partial charge in [0.15, 0.2) is 0 Å². The third-order valence-electron chi connectivity index (χ3n) is 4.66. The van der Waals surface area contributed by atoms with E-state index in [2.05, 4.69) is 0 Å². The molecule has 2 saturated heterocycles. The third-order valence-corrected chi connectivity index (χ3v) is 4.66. The van der Waals surface area contributed by atoms with Crippen LogP contribution < -0.4 is 10.6 Å². The minimum atomic E-state index is -0.392. The Morgan fingerprint density at radius 3 is 2.58 bits per heavy atom. The van der Waals surface area contributed by atoms with Gasteiger partial charge in [-0.05, 0) is 18.9 Å². The van der Waals surface area contributed by atoms with Crippen molar-refractivity contribution in [3.05, 3.63) is 34.4 Å². The summed E-state index contributed by atoms with van der Waals surface area (Å²) in [6, 6.07) is 6.71. The lowest BCUT2D eigenvalue weighted by Crippen LogP contribution is -2.51. The van der Waals surface area contributed by atoms with E-state index in [1.165, 1.54) is 6.07 Å². The van der Waals surface area contributed by atoms with Crippen molar-refractivity contribution in [3.8, 4) is 0 Å². The van der Waals surface area contributed by atoms with Gasteiger partial charge < -0.3 is 20.3 Å². The first-order valence-electron chi connectivity index (χ1n) is 8.23. The third kappa shape index (κ3) is 3.34. The summed E-state index contributed by atoms with van der Waals surface area (Å²) in [5, 5.41) is 11.2. The molecule has 130 valence electrons. The van der Waals surface area contributed by atoms with Crippen molar-refractivity contribution in [3.63, 3.8) is 0 Å². The second-order valence-corrected chi connectivity index (χ2v) is 6.12. The van der Waals surface area contributed by atoms with Crippen LogP contribution in [-0.4, -0.2) is 60.7 Å². The number of benzene rings is 1. The van der Waals surface area contributed by atoms with Crippen molar-refractivity contribution in [1.29, 1.82) is 0 Å². The van der Waals surface area contributed by atoms with Gasteiger partial charge in [-0.3, -0.25) is 14.9 Å². The molecule has 2 heterocycles. The highest BCUT2D eigenvalue weighted by atomic mass is 16.6. The number of hydrogen-bond acceptors (Lipinski definition) is 6. The molecule has 1 aromatic carbocycles. The van der Waals surface area contributed by atoms with Gasteiger partial charge >= 0.3 is 0 Å². The average Bonchev–Trinajstić information content (AvgIpc) is 3.10. The summed E-state index contributed by atoms with van der Waals surface area (Å²) in [5.74, 6) is 0.00756. The molecule has 0 saturated carbocycles. The zero-order chi connectivity index (χ0) is 17.1. The molecule has 0 unspecified atom stereocenters. The maximum atomic E-state index is 12.5.